The van der Waals surface area contributed by atoms with Gasteiger partial charge in [0.05, 0.1) is 17.9 Å². The highest BCUT2D eigenvalue weighted by molar-refractivity contribution is 5.88. The van der Waals surface area contributed by atoms with E-state index in [1.165, 1.54) is 5.56 Å². The van der Waals surface area contributed by atoms with E-state index in [0.717, 1.165) is 42.6 Å². The van der Waals surface area contributed by atoms with Gasteiger partial charge in [-0.05, 0) is 64.7 Å². The van der Waals surface area contributed by atoms with Crippen LogP contribution >= 0.6 is 0 Å². The molecule has 2 aromatic heterocycles. The van der Waals surface area contributed by atoms with Crippen molar-refractivity contribution in [1.29, 1.82) is 0 Å². The van der Waals surface area contributed by atoms with Crippen LogP contribution in [0.4, 0.5) is 5.69 Å². The molecule has 0 bridgehead atoms. The van der Waals surface area contributed by atoms with Crippen LogP contribution in [0.2, 0.25) is 0 Å². The van der Waals surface area contributed by atoms with Crippen LogP contribution < -0.4 is 10.6 Å². The van der Waals surface area contributed by atoms with E-state index in [4.69, 9.17) is 0 Å². The number of benzene rings is 1. The molecule has 2 heterocycles. The van der Waals surface area contributed by atoms with Gasteiger partial charge in [-0.2, -0.15) is 5.10 Å². The van der Waals surface area contributed by atoms with Gasteiger partial charge in [0.25, 0.3) is 0 Å². The Hall–Kier alpha value is -3.22. The molecular formula is C24H30N6O. The second kappa shape index (κ2) is 8.88. The average Bonchev–Trinajstić information content (AvgIpc) is 3.27. The molecule has 0 unspecified atom stereocenters. The number of anilines is 1. The standard InChI is InChI=1S/C24H30N6O/c1-17-4-6-20(7-5-17)29-24(2,3)23(31)28-19-8-10-21(11-9-19)30-15-18(14-27-30)22-12-13-25-16-26-22/h4-7,12-16,19,21,29H,8-11H2,1-3H3,(H,28,31). The summed E-state index contributed by atoms with van der Waals surface area (Å²) in [6, 6.07) is 10.5. The number of hydrogen-bond donors (Lipinski definition) is 2. The van der Waals surface area contributed by atoms with Crippen LogP contribution in [0.5, 0.6) is 0 Å². The second-order valence-electron chi connectivity index (χ2n) is 8.90. The van der Waals surface area contributed by atoms with Crippen molar-refractivity contribution in [1.82, 2.24) is 25.1 Å². The van der Waals surface area contributed by atoms with Crippen LogP contribution in [0.15, 0.2) is 55.2 Å². The van der Waals surface area contributed by atoms with Crippen LogP contribution in [-0.2, 0) is 4.79 Å². The van der Waals surface area contributed by atoms with Crippen molar-refractivity contribution < 1.29 is 4.79 Å². The van der Waals surface area contributed by atoms with Crippen molar-refractivity contribution in [2.75, 3.05) is 5.32 Å². The lowest BCUT2D eigenvalue weighted by Gasteiger charge is -2.33. The van der Waals surface area contributed by atoms with Crippen LogP contribution in [0.25, 0.3) is 11.3 Å². The maximum absolute atomic E-state index is 12.9. The summed E-state index contributed by atoms with van der Waals surface area (Å²) in [5.41, 5.74) is 3.35. The van der Waals surface area contributed by atoms with E-state index in [9.17, 15) is 4.79 Å². The van der Waals surface area contributed by atoms with Crippen molar-refractivity contribution >= 4 is 11.6 Å². The van der Waals surface area contributed by atoms with Crippen LogP contribution in [0, 0.1) is 6.92 Å². The Bertz CT molecular complexity index is 1000. The molecule has 0 radical (unpaired) electrons. The number of carbonyl (C=O) groups excluding carboxylic acids is 1. The molecule has 7 nitrogen and oxygen atoms in total. The highest BCUT2D eigenvalue weighted by Crippen LogP contribution is 2.30. The van der Waals surface area contributed by atoms with E-state index in [1.807, 2.05) is 55.1 Å². The summed E-state index contributed by atoms with van der Waals surface area (Å²) in [4.78, 5) is 21.2. The SMILES string of the molecule is Cc1ccc(NC(C)(C)C(=O)NC2CCC(n3cc(-c4ccncn4)cn3)CC2)cc1. The van der Waals surface area contributed by atoms with Crippen LogP contribution in [0.1, 0.15) is 51.1 Å². The number of rotatable bonds is 6. The highest BCUT2D eigenvalue weighted by atomic mass is 16.2. The van der Waals surface area contributed by atoms with Crippen molar-refractivity contribution in [3.05, 3.63) is 60.8 Å². The van der Waals surface area contributed by atoms with E-state index >= 15 is 0 Å². The van der Waals surface area contributed by atoms with Gasteiger partial charge in [0.1, 0.15) is 11.9 Å². The molecule has 7 heteroatoms. The highest BCUT2D eigenvalue weighted by Gasteiger charge is 2.31. The lowest BCUT2D eigenvalue weighted by molar-refractivity contribution is -0.125. The smallest absolute Gasteiger partial charge is 0.245 e. The molecule has 2 N–H and O–H groups in total. The topological polar surface area (TPSA) is 84.7 Å². The Morgan fingerprint density at radius 2 is 1.84 bits per heavy atom. The van der Waals surface area contributed by atoms with Gasteiger partial charge in [-0.3, -0.25) is 9.48 Å². The first-order valence-electron chi connectivity index (χ1n) is 10.9. The fourth-order valence-electron chi connectivity index (χ4n) is 4.04. The zero-order valence-corrected chi connectivity index (χ0v) is 18.4. The molecule has 1 fully saturated rings. The summed E-state index contributed by atoms with van der Waals surface area (Å²) < 4.78 is 2.04. The quantitative estimate of drug-likeness (QED) is 0.628. The Balaban J connectivity index is 1.30. The maximum atomic E-state index is 12.9. The van der Waals surface area contributed by atoms with E-state index < -0.39 is 5.54 Å². The van der Waals surface area contributed by atoms with Gasteiger partial charge in [-0.15, -0.1) is 0 Å². The number of hydrogen-bond acceptors (Lipinski definition) is 5. The number of carbonyl (C=O) groups is 1. The summed E-state index contributed by atoms with van der Waals surface area (Å²) in [6.07, 6.45) is 11.1. The molecule has 0 atom stereocenters. The van der Waals surface area contributed by atoms with Crippen molar-refractivity contribution in [3.8, 4) is 11.3 Å². The molecule has 0 spiro atoms. The zero-order chi connectivity index (χ0) is 21.8. The maximum Gasteiger partial charge on any atom is 0.245 e. The minimum atomic E-state index is -0.680. The van der Waals surface area contributed by atoms with Crippen molar-refractivity contribution in [2.45, 2.75) is 64.1 Å². The molecule has 4 rings (SSSR count). The van der Waals surface area contributed by atoms with Crippen LogP contribution in [0.3, 0.4) is 0 Å². The fraction of sp³-hybridized carbons (Fsp3) is 0.417. The van der Waals surface area contributed by atoms with E-state index in [2.05, 4.69) is 38.8 Å². The molecule has 0 aliphatic heterocycles. The van der Waals surface area contributed by atoms with E-state index in [0.29, 0.717) is 6.04 Å². The Kier molecular flexibility index (Phi) is 6.02. The first-order chi connectivity index (χ1) is 14.9. The second-order valence-corrected chi connectivity index (χ2v) is 8.90. The third kappa shape index (κ3) is 5.10. The third-order valence-corrected chi connectivity index (χ3v) is 5.96. The van der Waals surface area contributed by atoms with Gasteiger partial charge in [0.15, 0.2) is 0 Å². The van der Waals surface area contributed by atoms with Crippen molar-refractivity contribution in [3.63, 3.8) is 0 Å². The number of nitrogens with zero attached hydrogens (tertiary/aromatic N) is 4. The Labute approximate surface area is 183 Å². The van der Waals surface area contributed by atoms with Crippen molar-refractivity contribution in [2.24, 2.45) is 0 Å². The Morgan fingerprint density at radius 3 is 2.52 bits per heavy atom. The summed E-state index contributed by atoms with van der Waals surface area (Å²) in [6.45, 7) is 5.90. The summed E-state index contributed by atoms with van der Waals surface area (Å²) in [5, 5.41) is 11.2. The molecule has 162 valence electrons. The average molecular weight is 419 g/mol. The number of nitrogens with one attached hydrogen (secondary N) is 2. The predicted octanol–water partition coefficient (Wildman–Crippen LogP) is 4.14. The third-order valence-electron chi connectivity index (χ3n) is 5.96. The molecular weight excluding hydrogens is 388 g/mol. The number of aryl methyl sites for hydroxylation is 1. The molecule has 1 amide bonds. The van der Waals surface area contributed by atoms with E-state index in [1.54, 1.807) is 12.5 Å². The Morgan fingerprint density at radius 1 is 1.10 bits per heavy atom. The van der Waals surface area contributed by atoms with Gasteiger partial charge in [0.2, 0.25) is 5.91 Å². The fourth-order valence-corrected chi connectivity index (χ4v) is 4.04. The molecule has 0 saturated heterocycles. The monoisotopic (exact) mass is 418 g/mol. The predicted molar refractivity (Wildman–Crippen MR) is 122 cm³/mol. The minimum Gasteiger partial charge on any atom is -0.372 e. The first-order valence-corrected chi connectivity index (χ1v) is 10.9. The number of aromatic nitrogens is 4. The first kappa shape index (κ1) is 21.0. The van der Waals surface area contributed by atoms with Gasteiger partial charge < -0.3 is 10.6 Å². The van der Waals surface area contributed by atoms with Crippen LogP contribution in [-0.4, -0.2) is 37.2 Å². The lowest BCUT2D eigenvalue weighted by atomic mass is 9.90. The molecule has 1 aliphatic rings. The molecule has 31 heavy (non-hydrogen) atoms. The molecule has 1 aromatic carbocycles. The van der Waals surface area contributed by atoms with Gasteiger partial charge >= 0.3 is 0 Å². The molecule has 1 saturated carbocycles. The van der Waals surface area contributed by atoms with Gasteiger partial charge in [0, 0.05) is 29.7 Å². The van der Waals surface area contributed by atoms with Gasteiger partial charge in [-0.1, -0.05) is 17.7 Å². The number of amides is 1. The van der Waals surface area contributed by atoms with E-state index in [-0.39, 0.29) is 11.9 Å². The van der Waals surface area contributed by atoms with Gasteiger partial charge in [-0.25, -0.2) is 9.97 Å². The summed E-state index contributed by atoms with van der Waals surface area (Å²) >= 11 is 0. The zero-order valence-electron chi connectivity index (χ0n) is 18.4. The molecule has 3 aromatic rings. The minimum absolute atomic E-state index is 0.0293. The molecule has 1 aliphatic carbocycles. The lowest BCUT2D eigenvalue weighted by Crippen LogP contribution is -2.51. The summed E-state index contributed by atoms with van der Waals surface area (Å²) in [5.74, 6) is 0.0293. The normalized spacial score (nSPS) is 19.1. The summed E-state index contributed by atoms with van der Waals surface area (Å²) in [7, 11) is 0. The largest absolute Gasteiger partial charge is 0.372 e.